The van der Waals surface area contributed by atoms with Crippen LogP contribution in [-0.2, 0) is 16.0 Å². The molecule has 2 aromatic carbocycles. The molecule has 2 aromatic rings. The Balaban J connectivity index is 1.88. The second-order valence-corrected chi connectivity index (χ2v) is 5.75. The van der Waals surface area contributed by atoms with E-state index in [1.54, 1.807) is 25.2 Å². The van der Waals surface area contributed by atoms with Crippen LogP contribution in [0.1, 0.15) is 12.5 Å². The number of amides is 2. The second-order valence-electron chi connectivity index (χ2n) is 5.75. The fourth-order valence-electron chi connectivity index (χ4n) is 2.55. The first-order chi connectivity index (χ1) is 12.5. The maximum absolute atomic E-state index is 12.1. The fraction of sp³-hybridized carbons (Fsp3) is 0.300. The summed E-state index contributed by atoms with van der Waals surface area (Å²) in [6.45, 7) is 2.25. The number of benzene rings is 2. The van der Waals surface area contributed by atoms with Crippen molar-refractivity contribution in [3.63, 3.8) is 0 Å². The minimum atomic E-state index is -0.0948. The summed E-state index contributed by atoms with van der Waals surface area (Å²) in [5.74, 6) is 1.24. The highest BCUT2D eigenvalue weighted by molar-refractivity contribution is 5.91. The van der Waals surface area contributed by atoms with Crippen molar-refractivity contribution in [2.24, 2.45) is 0 Å². The van der Waals surface area contributed by atoms with Gasteiger partial charge in [0.15, 0.2) is 0 Å². The van der Waals surface area contributed by atoms with Gasteiger partial charge >= 0.3 is 0 Å². The summed E-state index contributed by atoms with van der Waals surface area (Å²) in [4.78, 5) is 25.6. The molecule has 0 aromatic heterocycles. The molecule has 0 aliphatic heterocycles. The number of hydrogen-bond donors (Lipinski definition) is 1. The quantitative estimate of drug-likeness (QED) is 0.789. The van der Waals surface area contributed by atoms with Crippen LogP contribution in [0.25, 0.3) is 0 Å². The van der Waals surface area contributed by atoms with Crippen molar-refractivity contribution in [3.05, 3.63) is 54.1 Å². The molecule has 0 atom stereocenters. The molecule has 0 radical (unpaired) electrons. The molecule has 0 fully saturated rings. The number of methoxy groups -OCH3 is 2. The molecule has 0 heterocycles. The number of hydrogen-bond acceptors (Lipinski definition) is 4. The molecule has 0 bridgehead atoms. The van der Waals surface area contributed by atoms with Gasteiger partial charge in [-0.05, 0) is 29.8 Å². The van der Waals surface area contributed by atoms with Gasteiger partial charge in [-0.25, -0.2) is 0 Å². The van der Waals surface area contributed by atoms with Gasteiger partial charge in [0.2, 0.25) is 11.8 Å². The summed E-state index contributed by atoms with van der Waals surface area (Å²) in [5.41, 5.74) is 1.64. The largest absolute Gasteiger partial charge is 0.497 e. The first-order valence-corrected chi connectivity index (χ1v) is 8.35. The predicted octanol–water partition coefficient (Wildman–Crippen LogP) is 2.42. The van der Waals surface area contributed by atoms with Crippen LogP contribution >= 0.6 is 0 Å². The number of anilines is 1. The topological polar surface area (TPSA) is 67.9 Å². The van der Waals surface area contributed by atoms with Gasteiger partial charge in [0, 0.05) is 31.8 Å². The average Bonchev–Trinajstić information content (AvgIpc) is 2.65. The lowest BCUT2D eigenvalue weighted by Gasteiger charge is -2.22. The summed E-state index contributed by atoms with van der Waals surface area (Å²) in [7, 11) is 3.18. The smallest absolute Gasteiger partial charge is 0.224 e. The monoisotopic (exact) mass is 356 g/mol. The van der Waals surface area contributed by atoms with Gasteiger partial charge in [-0.15, -0.1) is 0 Å². The molecule has 0 aliphatic rings. The molecule has 0 unspecified atom stereocenters. The lowest BCUT2D eigenvalue weighted by molar-refractivity contribution is -0.121. The Morgan fingerprint density at radius 3 is 2.31 bits per heavy atom. The van der Waals surface area contributed by atoms with Gasteiger partial charge in [-0.1, -0.05) is 18.2 Å². The summed E-state index contributed by atoms with van der Waals surface area (Å²) in [6.07, 6.45) is 0.281. The van der Waals surface area contributed by atoms with Crippen molar-refractivity contribution in [2.45, 2.75) is 13.3 Å². The van der Waals surface area contributed by atoms with E-state index in [-0.39, 0.29) is 18.2 Å². The lowest BCUT2D eigenvalue weighted by atomic mass is 10.1. The lowest BCUT2D eigenvalue weighted by Crippen LogP contribution is -2.38. The molecule has 6 nitrogen and oxygen atoms in total. The Morgan fingerprint density at radius 2 is 1.69 bits per heavy atom. The third kappa shape index (κ3) is 5.51. The number of rotatable bonds is 8. The number of carbonyl (C=O) groups is 2. The highest BCUT2D eigenvalue weighted by Gasteiger charge is 2.12. The van der Waals surface area contributed by atoms with Crippen LogP contribution in [-0.4, -0.2) is 39.1 Å². The van der Waals surface area contributed by atoms with E-state index >= 15 is 0 Å². The number of ether oxygens (including phenoxy) is 2. The van der Waals surface area contributed by atoms with Gasteiger partial charge in [0.05, 0.1) is 20.6 Å². The van der Waals surface area contributed by atoms with Crippen molar-refractivity contribution >= 4 is 17.5 Å². The molecule has 2 amide bonds. The Morgan fingerprint density at radius 1 is 1.00 bits per heavy atom. The molecule has 1 N–H and O–H groups in total. The molecule has 0 saturated heterocycles. The van der Waals surface area contributed by atoms with Crippen molar-refractivity contribution in [2.75, 3.05) is 32.2 Å². The van der Waals surface area contributed by atoms with Crippen molar-refractivity contribution < 1.29 is 19.1 Å². The Labute approximate surface area is 153 Å². The Kier molecular flexibility index (Phi) is 7.02. The third-order valence-electron chi connectivity index (χ3n) is 3.93. The molecule has 26 heavy (non-hydrogen) atoms. The normalized spacial score (nSPS) is 10.1. The maximum Gasteiger partial charge on any atom is 0.224 e. The minimum absolute atomic E-state index is 0.0932. The van der Waals surface area contributed by atoms with E-state index < -0.39 is 0 Å². The molecule has 2 rings (SSSR count). The highest BCUT2D eigenvalue weighted by Crippen LogP contribution is 2.20. The van der Waals surface area contributed by atoms with Crippen LogP contribution in [0.4, 0.5) is 5.69 Å². The molecular weight excluding hydrogens is 332 g/mol. The van der Waals surface area contributed by atoms with E-state index in [4.69, 9.17) is 9.47 Å². The molecule has 0 saturated carbocycles. The van der Waals surface area contributed by atoms with E-state index in [0.29, 0.717) is 18.8 Å². The van der Waals surface area contributed by atoms with Gasteiger partial charge < -0.3 is 19.7 Å². The first-order valence-electron chi connectivity index (χ1n) is 8.35. The van der Waals surface area contributed by atoms with Crippen LogP contribution in [0.5, 0.6) is 11.5 Å². The van der Waals surface area contributed by atoms with Gasteiger partial charge in [0.25, 0.3) is 0 Å². The summed E-state index contributed by atoms with van der Waals surface area (Å²) in [5, 5.41) is 2.85. The summed E-state index contributed by atoms with van der Waals surface area (Å²) in [6, 6.07) is 14.6. The molecular formula is C20H24N2O4. The van der Waals surface area contributed by atoms with E-state index in [2.05, 4.69) is 5.32 Å². The van der Waals surface area contributed by atoms with E-state index in [9.17, 15) is 9.59 Å². The van der Waals surface area contributed by atoms with Crippen molar-refractivity contribution in [3.8, 4) is 11.5 Å². The van der Waals surface area contributed by atoms with Crippen LogP contribution in [0.15, 0.2) is 48.5 Å². The van der Waals surface area contributed by atoms with Crippen LogP contribution in [0.3, 0.4) is 0 Å². The molecule has 0 spiro atoms. The molecule has 0 aliphatic carbocycles. The van der Waals surface area contributed by atoms with Crippen LogP contribution < -0.4 is 19.7 Å². The zero-order valence-electron chi connectivity index (χ0n) is 15.3. The van der Waals surface area contributed by atoms with Crippen LogP contribution in [0, 0.1) is 0 Å². The SMILES string of the molecule is COc1ccc(CC(=O)NCCN(C(C)=O)c2cccc(OC)c2)cc1. The number of nitrogens with zero attached hydrogens (tertiary/aromatic N) is 1. The van der Waals surface area contributed by atoms with E-state index in [1.807, 2.05) is 42.5 Å². The van der Waals surface area contributed by atoms with Gasteiger partial charge in [0.1, 0.15) is 11.5 Å². The third-order valence-corrected chi connectivity index (χ3v) is 3.93. The van der Waals surface area contributed by atoms with Crippen molar-refractivity contribution in [1.29, 1.82) is 0 Å². The zero-order chi connectivity index (χ0) is 18.9. The number of carbonyl (C=O) groups excluding carboxylic acids is 2. The maximum atomic E-state index is 12.1. The molecule has 6 heteroatoms. The molecule has 138 valence electrons. The minimum Gasteiger partial charge on any atom is -0.497 e. The second kappa shape index (κ2) is 9.46. The average molecular weight is 356 g/mol. The standard InChI is InChI=1S/C20H24N2O4/c1-15(23)22(17-5-4-6-19(14-17)26-3)12-11-21-20(24)13-16-7-9-18(25-2)10-8-16/h4-10,14H,11-13H2,1-3H3,(H,21,24). The predicted molar refractivity (Wildman–Crippen MR) is 101 cm³/mol. The first kappa shape index (κ1) is 19.3. The van der Waals surface area contributed by atoms with Crippen LogP contribution in [0.2, 0.25) is 0 Å². The highest BCUT2D eigenvalue weighted by atomic mass is 16.5. The van der Waals surface area contributed by atoms with Gasteiger partial charge in [-0.3, -0.25) is 9.59 Å². The Bertz CT molecular complexity index is 744. The fourth-order valence-corrected chi connectivity index (χ4v) is 2.55. The van der Waals surface area contributed by atoms with Crippen molar-refractivity contribution in [1.82, 2.24) is 5.32 Å². The summed E-state index contributed by atoms with van der Waals surface area (Å²) < 4.78 is 10.3. The Hall–Kier alpha value is -3.02. The summed E-state index contributed by atoms with van der Waals surface area (Å²) >= 11 is 0. The van der Waals surface area contributed by atoms with E-state index in [0.717, 1.165) is 17.0 Å². The van der Waals surface area contributed by atoms with E-state index in [1.165, 1.54) is 6.92 Å². The number of nitrogens with one attached hydrogen (secondary N) is 1. The zero-order valence-corrected chi connectivity index (χ0v) is 15.3. The van der Waals surface area contributed by atoms with Gasteiger partial charge in [-0.2, -0.15) is 0 Å².